The topological polar surface area (TPSA) is 52.6 Å². The van der Waals surface area contributed by atoms with E-state index in [9.17, 15) is 9.59 Å². The number of carbonyl (C=O) groups is 2. The summed E-state index contributed by atoms with van der Waals surface area (Å²) in [4.78, 5) is 24.8. The molecule has 1 heterocycles. The van der Waals surface area contributed by atoms with E-state index >= 15 is 0 Å². The lowest BCUT2D eigenvalue weighted by atomic mass is 10.1. The minimum Gasteiger partial charge on any atom is -0.485 e. The lowest BCUT2D eigenvalue weighted by Crippen LogP contribution is -2.11. The molecule has 0 N–H and O–H groups in total. The summed E-state index contributed by atoms with van der Waals surface area (Å²) in [5, 5.41) is 0.530. The Morgan fingerprint density at radius 2 is 1.83 bits per heavy atom. The molecule has 1 aliphatic rings. The van der Waals surface area contributed by atoms with Gasteiger partial charge in [0.2, 0.25) is 5.78 Å². The van der Waals surface area contributed by atoms with Gasteiger partial charge in [-0.15, -0.1) is 0 Å². The summed E-state index contributed by atoms with van der Waals surface area (Å²) in [6.45, 7) is -0.114. The van der Waals surface area contributed by atoms with Gasteiger partial charge in [-0.2, -0.15) is 0 Å². The van der Waals surface area contributed by atoms with Crippen LogP contribution in [0.15, 0.2) is 77.0 Å². The van der Waals surface area contributed by atoms with Crippen molar-refractivity contribution in [2.24, 2.45) is 0 Å². The average molecular weight is 470 g/mol. The van der Waals surface area contributed by atoms with E-state index in [1.165, 1.54) is 0 Å². The van der Waals surface area contributed by atoms with E-state index in [1.807, 2.05) is 12.1 Å². The molecule has 3 aromatic rings. The van der Waals surface area contributed by atoms with Gasteiger partial charge < -0.3 is 9.47 Å². The molecule has 6 heteroatoms. The molecule has 0 unspecified atom stereocenters. The Morgan fingerprint density at radius 1 is 1.07 bits per heavy atom. The number of halogens is 2. The zero-order valence-corrected chi connectivity index (χ0v) is 17.4. The third-order valence-electron chi connectivity index (χ3n) is 4.37. The quantitative estimate of drug-likeness (QED) is 0.341. The molecular formula is C23H14BrClO4. The predicted octanol–water partition coefficient (Wildman–Crippen LogP) is 5.98. The van der Waals surface area contributed by atoms with Gasteiger partial charge in [0.1, 0.15) is 11.5 Å². The summed E-state index contributed by atoms with van der Waals surface area (Å²) in [6.07, 6.45) is 1.61. The van der Waals surface area contributed by atoms with Crippen molar-refractivity contribution in [2.45, 2.75) is 0 Å². The highest BCUT2D eigenvalue weighted by Gasteiger charge is 2.28. The number of benzene rings is 3. The molecule has 3 aromatic carbocycles. The highest BCUT2D eigenvalue weighted by molar-refractivity contribution is 9.10. The van der Waals surface area contributed by atoms with E-state index < -0.39 is 0 Å². The summed E-state index contributed by atoms with van der Waals surface area (Å²) in [6, 6.07) is 19.1. The highest BCUT2D eigenvalue weighted by Crippen LogP contribution is 2.35. The van der Waals surface area contributed by atoms with E-state index in [1.54, 1.807) is 60.7 Å². The van der Waals surface area contributed by atoms with Gasteiger partial charge in [0.05, 0.1) is 5.56 Å². The fourth-order valence-corrected chi connectivity index (χ4v) is 3.31. The van der Waals surface area contributed by atoms with Crippen LogP contribution in [-0.2, 0) is 0 Å². The van der Waals surface area contributed by atoms with Crippen molar-refractivity contribution in [1.82, 2.24) is 0 Å². The molecule has 0 spiro atoms. The molecule has 0 saturated carbocycles. The Morgan fingerprint density at radius 3 is 2.59 bits per heavy atom. The fraction of sp³-hybridized carbons (Fsp3) is 0.0435. The zero-order chi connectivity index (χ0) is 20.4. The van der Waals surface area contributed by atoms with Gasteiger partial charge in [-0.05, 0) is 42.0 Å². The second-order valence-electron chi connectivity index (χ2n) is 6.34. The van der Waals surface area contributed by atoms with Gasteiger partial charge in [0.25, 0.3) is 0 Å². The maximum Gasteiger partial charge on any atom is 0.231 e. The number of ketones is 2. The van der Waals surface area contributed by atoms with Crippen molar-refractivity contribution < 1.29 is 19.1 Å². The second kappa shape index (κ2) is 8.23. The minimum atomic E-state index is -0.225. The maximum atomic E-state index is 12.6. The van der Waals surface area contributed by atoms with E-state index in [0.717, 1.165) is 4.47 Å². The van der Waals surface area contributed by atoms with Crippen LogP contribution in [0.2, 0.25) is 5.02 Å². The summed E-state index contributed by atoms with van der Waals surface area (Å²) in [7, 11) is 0. The molecule has 4 rings (SSSR count). The Labute approximate surface area is 180 Å². The number of hydrogen-bond acceptors (Lipinski definition) is 4. The number of rotatable bonds is 5. The molecule has 0 radical (unpaired) electrons. The molecule has 0 aromatic heterocycles. The number of ether oxygens (including phenoxy) is 2. The third kappa shape index (κ3) is 4.26. The van der Waals surface area contributed by atoms with Crippen molar-refractivity contribution in [3.8, 4) is 11.5 Å². The molecule has 1 aliphatic heterocycles. The largest absolute Gasteiger partial charge is 0.485 e. The molecule has 144 valence electrons. The van der Waals surface area contributed by atoms with Crippen molar-refractivity contribution >= 4 is 45.2 Å². The second-order valence-corrected chi connectivity index (χ2v) is 7.66. The van der Waals surface area contributed by atoms with Crippen LogP contribution >= 0.6 is 27.5 Å². The summed E-state index contributed by atoms with van der Waals surface area (Å²) >= 11 is 9.49. The summed E-state index contributed by atoms with van der Waals surface area (Å²) < 4.78 is 12.2. The molecular weight excluding hydrogens is 456 g/mol. The highest BCUT2D eigenvalue weighted by atomic mass is 79.9. The van der Waals surface area contributed by atoms with Gasteiger partial charge in [-0.1, -0.05) is 57.9 Å². The van der Waals surface area contributed by atoms with Crippen molar-refractivity contribution in [1.29, 1.82) is 0 Å². The lowest BCUT2D eigenvalue weighted by Gasteiger charge is -2.07. The Kier molecular flexibility index (Phi) is 5.51. The van der Waals surface area contributed by atoms with Crippen LogP contribution in [0.3, 0.4) is 0 Å². The average Bonchev–Trinajstić information content (AvgIpc) is 3.03. The predicted molar refractivity (Wildman–Crippen MR) is 115 cm³/mol. The van der Waals surface area contributed by atoms with Crippen molar-refractivity contribution in [3.63, 3.8) is 0 Å². The van der Waals surface area contributed by atoms with E-state index in [2.05, 4.69) is 15.9 Å². The summed E-state index contributed by atoms with van der Waals surface area (Å²) in [5.41, 5.74) is 1.70. The van der Waals surface area contributed by atoms with E-state index in [4.69, 9.17) is 21.1 Å². The smallest absolute Gasteiger partial charge is 0.231 e. The molecule has 0 atom stereocenters. The van der Waals surface area contributed by atoms with Crippen LogP contribution in [0.1, 0.15) is 26.3 Å². The third-order valence-corrected chi connectivity index (χ3v) is 5.24. The number of Topliss-reactive ketones (excluding diaryl/α,β-unsaturated/α-hetero) is 2. The van der Waals surface area contributed by atoms with Crippen molar-refractivity contribution in [3.05, 3.63) is 98.7 Å². The number of hydrogen-bond donors (Lipinski definition) is 0. The Balaban J connectivity index is 1.48. The number of carbonyl (C=O) groups excluding carboxylic acids is 2. The van der Waals surface area contributed by atoms with E-state index in [-0.39, 0.29) is 23.9 Å². The van der Waals surface area contributed by atoms with Gasteiger partial charge in [0, 0.05) is 21.1 Å². The van der Waals surface area contributed by atoms with Crippen LogP contribution in [0.25, 0.3) is 6.08 Å². The van der Waals surface area contributed by atoms with E-state index in [0.29, 0.717) is 33.2 Å². The molecule has 0 fully saturated rings. The molecule has 0 aliphatic carbocycles. The number of fused-ring (bicyclic) bond motifs is 1. The van der Waals surface area contributed by atoms with Gasteiger partial charge >= 0.3 is 0 Å². The van der Waals surface area contributed by atoms with Crippen LogP contribution in [-0.4, -0.2) is 18.2 Å². The fourth-order valence-electron chi connectivity index (χ4n) is 2.86. The first-order chi connectivity index (χ1) is 14.0. The maximum absolute atomic E-state index is 12.6. The molecule has 4 nitrogen and oxygen atoms in total. The standard InChI is InChI=1S/C23H14BrClO4/c24-16-7-5-14(6-8-16)20(26)13-28-17-9-10-18-21(12-17)29-22(23(18)27)11-15-3-1-2-4-19(15)25/h1-12H,13H2. The SMILES string of the molecule is O=C(COc1ccc2c(c1)OC(=Cc1ccccc1Cl)C2=O)c1ccc(Br)cc1. The minimum absolute atomic E-state index is 0.114. The molecule has 0 saturated heterocycles. The Hall–Kier alpha value is -2.89. The zero-order valence-electron chi connectivity index (χ0n) is 15.0. The first-order valence-electron chi connectivity index (χ1n) is 8.75. The first-order valence-corrected chi connectivity index (χ1v) is 9.93. The van der Waals surface area contributed by atoms with Crippen LogP contribution < -0.4 is 9.47 Å². The van der Waals surface area contributed by atoms with Gasteiger partial charge in [-0.3, -0.25) is 9.59 Å². The molecule has 0 amide bonds. The van der Waals surface area contributed by atoms with Gasteiger partial charge in [0.15, 0.2) is 18.1 Å². The van der Waals surface area contributed by atoms with Crippen LogP contribution in [0.4, 0.5) is 0 Å². The summed E-state index contributed by atoms with van der Waals surface area (Å²) in [5.74, 6) is 0.658. The normalized spacial score (nSPS) is 13.9. The number of allylic oxidation sites excluding steroid dienone is 1. The van der Waals surface area contributed by atoms with Crippen LogP contribution in [0.5, 0.6) is 11.5 Å². The Bertz CT molecular complexity index is 1140. The molecule has 29 heavy (non-hydrogen) atoms. The van der Waals surface area contributed by atoms with Crippen molar-refractivity contribution in [2.75, 3.05) is 6.61 Å². The van der Waals surface area contributed by atoms with Gasteiger partial charge in [-0.25, -0.2) is 0 Å². The van der Waals surface area contributed by atoms with Crippen LogP contribution in [0, 0.1) is 0 Å². The monoisotopic (exact) mass is 468 g/mol. The lowest BCUT2D eigenvalue weighted by molar-refractivity contribution is 0.0921. The first kappa shape index (κ1) is 19.4. The molecule has 0 bridgehead atoms.